The summed E-state index contributed by atoms with van der Waals surface area (Å²) in [5.74, 6) is -1.01. The van der Waals surface area contributed by atoms with Crippen molar-refractivity contribution in [1.82, 2.24) is 0 Å². The molecule has 1 heterocycles. The SMILES string of the molecule is CC1(C)OC(=O)[C@@H](C(C)(C)C)O1. The molecule has 1 fully saturated rings. The van der Waals surface area contributed by atoms with Crippen molar-refractivity contribution in [2.75, 3.05) is 0 Å². The van der Waals surface area contributed by atoms with Gasteiger partial charge in [-0.1, -0.05) is 20.8 Å². The zero-order valence-corrected chi connectivity index (χ0v) is 8.30. The van der Waals surface area contributed by atoms with Crippen LogP contribution in [0.5, 0.6) is 0 Å². The van der Waals surface area contributed by atoms with Gasteiger partial charge in [0.25, 0.3) is 0 Å². The lowest BCUT2D eigenvalue weighted by Crippen LogP contribution is -2.32. The Morgan fingerprint density at radius 3 is 2.00 bits per heavy atom. The second kappa shape index (κ2) is 2.46. The normalized spacial score (nSPS) is 28.8. The highest BCUT2D eigenvalue weighted by Gasteiger charge is 2.46. The van der Waals surface area contributed by atoms with Crippen LogP contribution in [0.15, 0.2) is 0 Å². The highest BCUT2D eigenvalue weighted by molar-refractivity contribution is 5.77. The van der Waals surface area contributed by atoms with Gasteiger partial charge in [0.15, 0.2) is 6.10 Å². The third-order valence-electron chi connectivity index (χ3n) is 1.75. The first kappa shape index (κ1) is 9.52. The summed E-state index contributed by atoms with van der Waals surface area (Å²) >= 11 is 0. The fourth-order valence-corrected chi connectivity index (χ4v) is 1.18. The van der Waals surface area contributed by atoms with Crippen molar-refractivity contribution >= 4 is 5.97 Å². The van der Waals surface area contributed by atoms with Crippen LogP contribution < -0.4 is 0 Å². The third-order valence-corrected chi connectivity index (χ3v) is 1.75. The van der Waals surface area contributed by atoms with Gasteiger partial charge in [0.05, 0.1) is 0 Å². The summed E-state index contributed by atoms with van der Waals surface area (Å²) in [4.78, 5) is 11.3. The second-order valence-electron chi connectivity index (χ2n) is 4.68. The molecule has 0 amide bonds. The van der Waals surface area contributed by atoms with Crippen LogP contribution in [0.2, 0.25) is 0 Å². The van der Waals surface area contributed by atoms with E-state index >= 15 is 0 Å². The molecule has 0 saturated carbocycles. The van der Waals surface area contributed by atoms with Gasteiger partial charge in [-0.05, 0) is 5.41 Å². The Bertz CT molecular complexity index is 200. The molecule has 3 heteroatoms. The van der Waals surface area contributed by atoms with Crippen molar-refractivity contribution in [3.63, 3.8) is 0 Å². The van der Waals surface area contributed by atoms with Crippen molar-refractivity contribution in [2.24, 2.45) is 5.41 Å². The van der Waals surface area contributed by atoms with Crippen molar-refractivity contribution in [1.29, 1.82) is 0 Å². The van der Waals surface area contributed by atoms with Gasteiger partial charge in [-0.25, -0.2) is 4.79 Å². The van der Waals surface area contributed by atoms with Gasteiger partial charge in [0.2, 0.25) is 5.79 Å². The van der Waals surface area contributed by atoms with E-state index in [9.17, 15) is 4.79 Å². The molecule has 1 rings (SSSR count). The standard InChI is InChI=1S/C9H16O3/c1-8(2,3)6-7(10)12-9(4,5)11-6/h6H,1-5H3/t6-/m0/s1. The van der Waals surface area contributed by atoms with E-state index in [1.165, 1.54) is 0 Å². The van der Waals surface area contributed by atoms with Crippen LogP contribution in [0.1, 0.15) is 34.6 Å². The molecule has 0 aromatic heterocycles. The lowest BCUT2D eigenvalue weighted by molar-refractivity contribution is -0.162. The first-order valence-corrected chi connectivity index (χ1v) is 4.13. The molecule has 0 aromatic carbocycles. The van der Waals surface area contributed by atoms with E-state index < -0.39 is 11.9 Å². The Morgan fingerprint density at radius 2 is 1.83 bits per heavy atom. The minimum atomic E-state index is -0.755. The lowest BCUT2D eigenvalue weighted by atomic mass is 9.89. The molecule has 0 unspecified atom stereocenters. The number of carbonyl (C=O) groups excluding carboxylic acids is 1. The van der Waals surface area contributed by atoms with Crippen LogP contribution in [0.25, 0.3) is 0 Å². The molecule has 12 heavy (non-hydrogen) atoms. The van der Waals surface area contributed by atoms with Crippen LogP contribution in [0.3, 0.4) is 0 Å². The van der Waals surface area contributed by atoms with E-state index in [0.717, 1.165) is 0 Å². The first-order valence-electron chi connectivity index (χ1n) is 4.13. The molecule has 70 valence electrons. The zero-order valence-electron chi connectivity index (χ0n) is 8.30. The topological polar surface area (TPSA) is 35.5 Å². The number of ether oxygens (including phenoxy) is 2. The molecular weight excluding hydrogens is 156 g/mol. The molecule has 0 N–H and O–H groups in total. The molecule has 1 aliphatic rings. The van der Waals surface area contributed by atoms with Crippen LogP contribution in [0, 0.1) is 5.41 Å². The van der Waals surface area contributed by atoms with E-state index in [0.29, 0.717) is 0 Å². The van der Waals surface area contributed by atoms with Crippen LogP contribution in [0.4, 0.5) is 0 Å². The average Bonchev–Trinajstić information content (AvgIpc) is 2.03. The molecule has 0 spiro atoms. The van der Waals surface area contributed by atoms with Crippen molar-refractivity contribution in [3.05, 3.63) is 0 Å². The van der Waals surface area contributed by atoms with Gasteiger partial charge in [0, 0.05) is 13.8 Å². The van der Waals surface area contributed by atoms with Crippen LogP contribution in [-0.4, -0.2) is 17.9 Å². The predicted molar refractivity (Wildman–Crippen MR) is 44.5 cm³/mol. The maximum Gasteiger partial charge on any atom is 0.338 e. The van der Waals surface area contributed by atoms with Crippen LogP contribution >= 0.6 is 0 Å². The fourth-order valence-electron chi connectivity index (χ4n) is 1.18. The molecule has 0 bridgehead atoms. The maximum absolute atomic E-state index is 11.3. The summed E-state index contributed by atoms with van der Waals surface area (Å²) in [5.41, 5.74) is -0.190. The lowest BCUT2D eigenvalue weighted by Gasteiger charge is -2.23. The van der Waals surface area contributed by atoms with E-state index in [1.807, 2.05) is 20.8 Å². The number of hydrogen-bond acceptors (Lipinski definition) is 3. The van der Waals surface area contributed by atoms with Crippen molar-refractivity contribution in [2.45, 2.75) is 46.5 Å². The molecule has 3 nitrogen and oxygen atoms in total. The van der Waals surface area contributed by atoms with E-state index in [-0.39, 0.29) is 11.4 Å². The van der Waals surface area contributed by atoms with Gasteiger partial charge < -0.3 is 9.47 Å². The molecular formula is C9H16O3. The second-order valence-corrected chi connectivity index (χ2v) is 4.68. The highest BCUT2D eigenvalue weighted by atomic mass is 16.8. The number of esters is 1. The van der Waals surface area contributed by atoms with Crippen molar-refractivity contribution in [3.8, 4) is 0 Å². The van der Waals surface area contributed by atoms with E-state index in [4.69, 9.17) is 9.47 Å². The Kier molecular flexibility index (Phi) is 1.95. The predicted octanol–water partition coefficient (Wildman–Crippen LogP) is 1.71. The maximum atomic E-state index is 11.3. The molecule has 1 atom stereocenters. The third kappa shape index (κ3) is 1.78. The number of hydrogen-bond donors (Lipinski definition) is 0. The summed E-state index contributed by atoms with van der Waals surface area (Å²) in [7, 11) is 0. The van der Waals surface area contributed by atoms with Crippen molar-refractivity contribution < 1.29 is 14.3 Å². The Hall–Kier alpha value is -0.570. The summed E-state index contributed by atoms with van der Waals surface area (Å²) in [6.07, 6.45) is -0.438. The number of cyclic esters (lactones) is 1. The summed E-state index contributed by atoms with van der Waals surface area (Å²) < 4.78 is 10.5. The molecule has 0 radical (unpaired) electrons. The molecule has 1 aliphatic heterocycles. The quantitative estimate of drug-likeness (QED) is 0.522. The van der Waals surface area contributed by atoms with Gasteiger partial charge >= 0.3 is 5.97 Å². The minimum Gasteiger partial charge on any atom is -0.432 e. The number of carbonyl (C=O) groups is 1. The van der Waals surface area contributed by atoms with Gasteiger partial charge in [-0.15, -0.1) is 0 Å². The molecule has 0 aromatic rings. The monoisotopic (exact) mass is 172 g/mol. The smallest absolute Gasteiger partial charge is 0.338 e. The van der Waals surface area contributed by atoms with Gasteiger partial charge in [-0.2, -0.15) is 0 Å². The fraction of sp³-hybridized carbons (Fsp3) is 0.889. The highest BCUT2D eigenvalue weighted by Crippen LogP contribution is 2.34. The Labute approximate surface area is 73.0 Å². The Balaban J connectivity index is 2.78. The van der Waals surface area contributed by atoms with Gasteiger partial charge in [-0.3, -0.25) is 0 Å². The minimum absolute atomic E-state index is 0.190. The summed E-state index contributed by atoms with van der Waals surface area (Å²) in [5, 5.41) is 0. The summed E-state index contributed by atoms with van der Waals surface area (Å²) in [6.45, 7) is 9.37. The number of rotatable bonds is 0. The van der Waals surface area contributed by atoms with E-state index in [2.05, 4.69) is 0 Å². The Morgan fingerprint density at radius 1 is 1.33 bits per heavy atom. The summed E-state index contributed by atoms with van der Waals surface area (Å²) in [6, 6.07) is 0. The van der Waals surface area contributed by atoms with Gasteiger partial charge in [0.1, 0.15) is 0 Å². The largest absolute Gasteiger partial charge is 0.432 e. The zero-order chi connectivity index (χ0) is 9.57. The average molecular weight is 172 g/mol. The first-order chi connectivity index (χ1) is 5.22. The van der Waals surface area contributed by atoms with E-state index in [1.54, 1.807) is 13.8 Å². The molecule has 1 saturated heterocycles. The van der Waals surface area contributed by atoms with Crippen LogP contribution in [-0.2, 0) is 14.3 Å². The molecule has 0 aliphatic carbocycles.